The summed E-state index contributed by atoms with van der Waals surface area (Å²) in [4.78, 5) is 22.8. The van der Waals surface area contributed by atoms with Crippen LogP contribution in [0.15, 0.2) is 36.4 Å². The SMILES string of the molecule is Cc1ccc2c(c1)NC(=O)c1cc([N+](=O)O)ccc1O2. The fourth-order valence-electron chi connectivity index (χ4n) is 2.04. The third-order valence-corrected chi connectivity index (χ3v) is 3.03. The Morgan fingerprint density at radius 2 is 1.90 bits per heavy atom. The molecule has 1 heterocycles. The molecule has 0 spiro atoms. The molecule has 0 unspecified atom stereocenters. The maximum absolute atomic E-state index is 12.2. The van der Waals surface area contributed by atoms with Crippen LogP contribution < -0.4 is 10.1 Å². The fourth-order valence-corrected chi connectivity index (χ4v) is 2.04. The molecule has 0 aliphatic carbocycles. The Morgan fingerprint density at radius 1 is 1.15 bits per heavy atom. The lowest BCUT2D eigenvalue weighted by Crippen LogP contribution is -2.11. The maximum atomic E-state index is 12.2. The highest BCUT2D eigenvalue weighted by Crippen LogP contribution is 2.37. The summed E-state index contributed by atoms with van der Waals surface area (Å²) < 4.78 is 5.68. The number of carbonyl (C=O) groups is 1. The van der Waals surface area contributed by atoms with Gasteiger partial charge in [-0.3, -0.25) is 4.79 Å². The van der Waals surface area contributed by atoms with E-state index in [1.807, 2.05) is 13.0 Å². The number of amides is 1. The van der Waals surface area contributed by atoms with E-state index in [9.17, 15) is 9.70 Å². The van der Waals surface area contributed by atoms with Gasteiger partial charge in [0, 0.05) is 12.1 Å². The minimum Gasteiger partial charge on any atom is -0.454 e. The molecule has 6 nitrogen and oxygen atoms in total. The Balaban J connectivity index is 2.12. The molecule has 20 heavy (non-hydrogen) atoms. The summed E-state index contributed by atoms with van der Waals surface area (Å²) in [5, 5.41) is 11.6. The number of hydrogen-bond acceptors (Lipinski definition) is 3. The number of anilines is 1. The molecule has 1 amide bonds. The molecule has 2 aromatic rings. The van der Waals surface area contributed by atoms with Gasteiger partial charge in [0.25, 0.3) is 10.8 Å². The standard InChI is InChI=1S/C14H10N2O4/c1-8-2-4-13-11(6-8)15-14(17)10-7-9(16(18)19)3-5-12(10)20-13/h2-7H,1H3,(H-,15,17,18,19)/p+1. The minimum atomic E-state index is -0.395. The van der Waals surface area contributed by atoms with E-state index in [4.69, 9.17) is 9.94 Å². The second-order valence-electron chi connectivity index (χ2n) is 4.51. The van der Waals surface area contributed by atoms with Crippen molar-refractivity contribution in [3.63, 3.8) is 0 Å². The van der Waals surface area contributed by atoms with Gasteiger partial charge in [-0.15, -0.1) is 0 Å². The molecule has 3 rings (SSSR count). The van der Waals surface area contributed by atoms with Crippen molar-refractivity contribution in [2.75, 3.05) is 5.32 Å². The Bertz CT molecular complexity index is 740. The summed E-state index contributed by atoms with van der Waals surface area (Å²) in [6.45, 7) is 1.91. The molecule has 0 bridgehead atoms. The van der Waals surface area contributed by atoms with E-state index >= 15 is 0 Å². The number of benzene rings is 2. The van der Waals surface area contributed by atoms with E-state index in [-0.39, 0.29) is 16.2 Å². The van der Waals surface area contributed by atoms with E-state index in [2.05, 4.69) is 5.32 Å². The number of fused-ring (bicyclic) bond motifs is 2. The first kappa shape index (κ1) is 12.2. The number of nitrogens with one attached hydrogen (secondary N) is 1. The number of nitrogens with zero attached hydrogens (tertiary/aromatic N) is 1. The maximum Gasteiger partial charge on any atom is 0.317 e. The second kappa shape index (κ2) is 4.34. The lowest BCUT2D eigenvalue weighted by molar-refractivity contribution is -0.729. The zero-order valence-electron chi connectivity index (χ0n) is 10.6. The number of hydrogen-bond donors (Lipinski definition) is 2. The quantitative estimate of drug-likeness (QED) is 0.781. The largest absolute Gasteiger partial charge is 0.454 e. The van der Waals surface area contributed by atoms with E-state index in [1.54, 1.807) is 12.1 Å². The van der Waals surface area contributed by atoms with Crippen LogP contribution >= 0.6 is 0 Å². The molecule has 1 aliphatic heterocycles. The highest BCUT2D eigenvalue weighted by molar-refractivity contribution is 6.08. The average Bonchev–Trinajstić information content (AvgIpc) is 2.54. The van der Waals surface area contributed by atoms with Crippen molar-refractivity contribution in [1.29, 1.82) is 0 Å². The summed E-state index contributed by atoms with van der Waals surface area (Å²) in [7, 11) is 0. The Labute approximate surface area is 114 Å². The van der Waals surface area contributed by atoms with Crippen LogP contribution in [0.1, 0.15) is 15.9 Å². The van der Waals surface area contributed by atoms with Crippen molar-refractivity contribution in [2.45, 2.75) is 6.92 Å². The molecule has 0 fully saturated rings. The highest BCUT2D eigenvalue weighted by atomic mass is 16.6. The van der Waals surface area contributed by atoms with Crippen molar-refractivity contribution in [3.05, 3.63) is 52.4 Å². The summed E-state index contributed by atoms with van der Waals surface area (Å²) in [6, 6.07) is 9.55. The smallest absolute Gasteiger partial charge is 0.317 e. The molecule has 0 atom stereocenters. The van der Waals surface area contributed by atoms with Crippen molar-refractivity contribution >= 4 is 17.3 Å². The summed E-state index contributed by atoms with van der Waals surface area (Å²) >= 11 is 0. The van der Waals surface area contributed by atoms with Crippen molar-refractivity contribution < 1.29 is 19.7 Å². The van der Waals surface area contributed by atoms with Gasteiger partial charge in [0.15, 0.2) is 5.75 Å². The Morgan fingerprint density at radius 3 is 2.65 bits per heavy atom. The Hall–Kier alpha value is -2.89. The van der Waals surface area contributed by atoms with Gasteiger partial charge < -0.3 is 10.1 Å². The first-order valence-corrected chi connectivity index (χ1v) is 5.94. The topological polar surface area (TPSA) is 78.6 Å². The van der Waals surface area contributed by atoms with Gasteiger partial charge >= 0.3 is 5.69 Å². The summed E-state index contributed by atoms with van der Waals surface area (Å²) in [6.07, 6.45) is 0. The van der Waals surface area contributed by atoms with Crippen molar-refractivity contribution in [2.24, 2.45) is 0 Å². The predicted octanol–water partition coefficient (Wildman–Crippen LogP) is 3.15. The van der Waals surface area contributed by atoms with Gasteiger partial charge in [0.2, 0.25) is 0 Å². The van der Waals surface area contributed by atoms with Crippen molar-refractivity contribution in [3.8, 4) is 11.5 Å². The number of carbonyl (C=O) groups excluding carboxylic acids is 1. The third kappa shape index (κ3) is 1.97. The third-order valence-electron chi connectivity index (χ3n) is 3.03. The number of aryl methyl sites for hydroxylation is 1. The van der Waals surface area contributed by atoms with Crippen LogP contribution in [0.2, 0.25) is 0 Å². The zero-order chi connectivity index (χ0) is 14.3. The van der Waals surface area contributed by atoms with Gasteiger partial charge in [0.1, 0.15) is 5.75 Å². The van der Waals surface area contributed by atoms with Crippen LogP contribution in [0, 0.1) is 11.8 Å². The van der Waals surface area contributed by atoms with Crippen LogP contribution in [0.3, 0.4) is 0 Å². The van der Waals surface area contributed by atoms with Crippen LogP contribution in [-0.4, -0.2) is 16.0 Å². The van der Waals surface area contributed by atoms with Gasteiger partial charge in [-0.25, -0.2) is 5.21 Å². The Kier molecular flexibility index (Phi) is 2.64. The fraction of sp³-hybridized carbons (Fsp3) is 0.0714. The van der Waals surface area contributed by atoms with E-state index in [0.717, 1.165) is 5.56 Å². The average molecular weight is 271 g/mol. The van der Waals surface area contributed by atoms with Gasteiger partial charge in [0.05, 0.1) is 16.2 Å². The van der Waals surface area contributed by atoms with E-state index in [1.165, 1.54) is 18.2 Å². The van der Waals surface area contributed by atoms with Gasteiger partial charge in [-0.05, 0) is 30.7 Å². The normalized spacial score (nSPS) is 12.6. The second-order valence-corrected chi connectivity index (χ2v) is 4.51. The summed E-state index contributed by atoms with van der Waals surface area (Å²) in [5.74, 6) is 0.460. The lowest BCUT2D eigenvalue weighted by Gasteiger charge is -2.07. The highest BCUT2D eigenvalue weighted by Gasteiger charge is 2.24. The van der Waals surface area contributed by atoms with Crippen LogP contribution in [0.5, 0.6) is 11.5 Å². The minimum absolute atomic E-state index is 0.0374. The molecule has 2 aromatic carbocycles. The van der Waals surface area contributed by atoms with Crippen LogP contribution in [-0.2, 0) is 0 Å². The first-order chi connectivity index (χ1) is 9.54. The van der Waals surface area contributed by atoms with E-state index in [0.29, 0.717) is 17.2 Å². The molecular weight excluding hydrogens is 260 g/mol. The molecule has 100 valence electrons. The molecular formula is C14H11N2O4+. The van der Waals surface area contributed by atoms with Gasteiger partial charge in [-0.2, -0.15) is 0 Å². The number of rotatable bonds is 1. The summed E-state index contributed by atoms with van der Waals surface area (Å²) in [5.41, 5.74) is 1.70. The molecule has 2 N–H and O–H groups in total. The monoisotopic (exact) mass is 271 g/mol. The van der Waals surface area contributed by atoms with Crippen molar-refractivity contribution in [1.82, 2.24) is 0 Å². The molecule has 0 saturated carbocycles. The molecule has 0 radical (unpaired) electrons. The number of ether oxygens (including phenoxy) is 1. The zero-order valence-corrected chi connectivity index (χ0v) is 10.6. The van der Waals surface area contributed by atoms with E-state index < -0.39 is 5.91 Å². The molecule has 6 heteroatoms. The van der Waals surface area contributed by atoms with Gasteiger partial charge in [-0.1, -0.05) is 6.07 Å². The van der Waals surface area contributed by atoms with Crippen LogP contribution in [0.4, 0.5) is 11.4 Å². The molecule has 0 aromatic heterocycles. The molecule has 1 aliphatic rings. The molecule has 0 saturated heterocycles. The predicted molar refractivity (Wildman–Crippen MR) is 70.7 cm³/mol. The lowest BCUT2D eigenvalue weighted by atomic mass is 10.1. The first-order valence-electron chi connectivity index (χ1n) is 5.94. The van der Waals surface area contributed by atoms with Crippen LogP contribution in [0.25, 0.3) is 0 Å².